The van der Waals surface area contributed by atoms with E-state index in [0.29, 0.717) is 6.54 Å². The zero-order chi connectivity index (χ0) is 16.8. The fourth-order valence-corrected chi connectivity index (χ4v) is 3.74. The molecule has 23 heavy (non-hydrogen) atoms. The van der Waals surface area contributed by atoms with Gasteiger partial charge < -0.3 is 15.7 Å². The molecule has 1 atom stereocenters. The molecule has 6 nitrogen and oxygen atoms in total. The number of nitrogens with one attached hydrogen (secondary N) is 2. The van der Waals surface area contributed by atoms with Crippen LogP contribution in [0.1, 0.15) is 31.6 Å². The normalized spacial score (nSPS) is 21.5. The molecule has 1 aliphatic carbocycles. The van der Waals surface area contributed by atoms with Crippen molar-refractivity contribution >= 4 is 23.3 Å². The largest absolute Gasteiger partial charge is 0.480 e. The average Bonchev–Trinajstić information content (AvgIpc) is 2.92. The van der Waals surface area contributed by atoms with Crippen molar-refractivity contribution in [2.75, 3.05) is 13.1 Å². The van der Waals surface area contributed by atoms with E-state index in [4.69, 9.17) is 5.11 Å². The van der Waals surface area contributed by atoms with Gasteiger partial charge in [0.05, 0.1) is 6.54 Å². The molecule has 3 N–H and O–H groups in total. The summed E-state index contributed by atoms with van der Waals surface area (Å²) in [5.41, 5.74) is 0. The summed E-state index contributed by atoms with van der Waals surface area (Å²) in [4.78, 5) is 26.0. The van der Waals surface area contributed by atoms with Gasteiger partial charge in [-0.15, -0.1) is 11.3 Å². The van der Waals surface area contributed by atoms with Gasteiger partial charge in [0, 0.05) is 29.4 Å². The molecule has 1 aliphatic rings. The summed E-state index contributed by atoms with van der Waals surface area (Å²) < 4.78 is 0. The smallest absolute Gasteiger partial charge is 0.317 e. The van der Waals surface area contributed by atoms with Crippen LogP contribution in [0.25, 0.3) is 0 Å². The number of carboxylic acids is 1. The summed E-state index contributed by atoms with van der Waals surface area (Å²) in [6, 6.07) is 4.42. The summed E-state index contributed by atoms with van der Waals surface area (Å²) >= 11 is 1.69. The SMILES string of the molecule is CCN(CC(=O)O)C1CC(NC(=O)NC(C)Cc2cccs2)C1. The van der Waals surface area contributed by atoms with Crippen molar-refractivity contribution in [2.24, 2.45) is 0 Å². The number of hydrogen-bond acceptors (Lipinski definition) is 4. The molecule has 1 unspecified atom stereocenters. The molecule has 2 amide bonds. The molecule has 1 aromatic rings. The lowest BCUT2D eigenvalue weighted by atomic mass is 9.85. The lowest BCUT2D eigenvalue weighted by Gasteiger charge is -2.42. The van der Waals surface area contributed by atoms with Crippen molar-refractivity contribution in [1.82, 2.24) is 15.5 Å². The van der Waals surface area contributed by atoms with Crippen molar-refractivity contribution in [3.8, 4) is 0 Å². The summed E-state index contributed by atoms with van der Waals surface area (Å²) in [5, 5.41) is 16.8. The number of carbonyl (C=O) groups is 2. The lowest BCUT2D eigenvalue weighted by Crippen LogP contribution is -2.57. The number of rotatable bonds is 8. The quantitative estimate of drug-likeness (QED) is 0.676. The van der Waals surface area contributed by atoms with E-state index < -0.39 is 5.97 Å². The van der Waals surface area contributed by atoms with E-state index >= 15 is 0 Å². The van der Waals surface area contributed by atoms with Crippen LogP contribution < -0.4 is 10.6 Å². The standard InChI is InChI=1S/C16H25N3O3S/c1-3-19(10-15(20)21)13-8-12(9-13)18-16(22)17-11(2)7-14-5-4-6-23-14/h4-6,11-13H,3,7-10H2,1-2H3,(H,20,21)(H2,17,18,22). The topological polar surface area (TPSA) is 81.7 Å². The number of aliphatic carboxylic acids is 1. The molecule has 0 saturated heterocycles. The van der Waals surface area contributed by atoms with Gasteiger partial charge in [-0.1, -0.05) is 13.0 Å². The van der Waals surface area contributed by atoms with E-state index in [1.807, 2.05) is 30.2 Å². The second-order valence-electron chi connectivity index (χ2n) is 6.08. The monoisotopic (exact) mass is 339 g/mol. The molecule has 128 valence electrons. The Balaban J connectivity index is 1.66. The van der Waals surface area contributed by atoms with Gasteiger partial charge in [-0.3, -0.25) is 9.69 Å². The average molecular weight is 339 g/mol. The Morgan fingerprint density at radius 2 is 2.22 bits per heavy atom. The van der Waals surface area contributed by atoms with Crippen molar-refractivity contribution in [2.45, 2.75) is 51.2 Å². The third kappa shape index (κ3) is 5.51. The van der Waals surface area contributed by atoms with Gasteiger partial charge in [0.15, 0.2) is 0 Å². The molecule has 0 spiro atoms. The molecule has 0 radical (unpaired) electrons. The summed E-state index contributed by atoms with van der Waals surface area (Å²) in [6.07, 6.45) is 2.46. The fraction of sp³-hybridized carbons (Fsp3) is 0.625. The van der Waals surface area contributed by atoms with E-state index in [9.17, 15) is 9.59 Å². The molecule has 0 aromatic carbocycles. The third-order valence-corrected chi connectivity index (χ3v) is 5.07. The van der Waals surface area contributed by atoms with Crippen LogP contribution in [0, 0.1) is 0 Å². The predicted molar refractivity (Wildman–Crippen MR) is 90.8 cm³/mol. The molecule has 0 aliphatic heterocycles. The van der Waals surface area contributed by atoms with Gasteiger partial charge in [-0.2, -0.15) is 0 Å². The number of urea groups is 1. The molecule has 1 heterocycles. The molecule has 7 heteroatoms. The van der Waals surface area contributed by atoms with Crippen LogP contribution in [-0.4, -0.2) is 53.2 Å². The molecule has 1 fully saturated rings. The minimum absolute atomic E-state index is 0.0674. The number of thiophene rings is 1. The first-order chi connectivity index (χ1) is 11.0. The zero-order valence-electron chi connectivity index (χ0n) is 13.6. The second kappa shape index (κ2) is 8.31. The van der Waals surface area contributed by atoms with Crippen LogP contribution in [0.2, 0.25) is 0 Å². The molecular formula is C16H25N3O3S. The zero-order valence-corrected chi connectivity index (χ0v) is 14.4. The Kier molecular flexibility index (Phi) is 6.41. The van der Waals surface area contributed by atoms with Gasteiger partial charge in [0.2, 0.25) is 0 Å². The molecule has 1 saturated carbocycles. The fourth-order valence-electron chi connectivity index (χ4n) is 2.91. The maximum Gasteiger partial charge on any atom is 0.317 e. The Bertz CT molecular complexity index is 515. The van der Waals surface area contributed by atoms with E-state index in [0.717, 1.165) is 19.3 Å². The number of carbonyl (C=O) groups excluding carboxylic acids is 1. The highest BCUT2D eigenvalue weighted by molar-refractivity contribution is 7.09. The van der Waals surface area contributed by atoms with Crippen LogP contribution >= 0.6 is 11.3 Å². The second-order valence-corrected chi connectivity index (χ2v) is 7.11. The summed E-state index contributed by atoms with van der Waals surface area (Å²) in [7, 11) is 0. The molecular weight excluding hydrogens is 314 g/mol. The first-order valence-electron chi connectivity index (χ1n) is 8.03. The van der Waals surface area contributed by atoms with Crippen molar-refractivity contribution < 1.29 is 14.7 Å². The Labute approximate surface area is 140 Å². The van der Waals surface area contributed by atoms with E-state index in [-0.39, 0.29) is 30.7 Å². The highest BCUT2D eigenvalue weighted by atomic mass is 32.1. The maximum atomic E-state index is 12.0. The lowest BCUT2D eigenvalue weighted by molar-refractivity contribution is -0.139. The van der Waals surface area contributed by atoms with Crippen molar-refractivity contribution in [3.05, 3.63) is 22.4 Å². The summed E-state index contributed by atoms with van der Waals surface area (Å²) in [6.45, 7) is 4.74. The van der Waals surface area contributed by atoms with Crippen molar-refractivity contribution in [3.63, 3.8) is 0 Å². The number of amides is 2. The van der Waals surface area contributed by atoms with E-state index in [2.05, 4.69) is 16.7 Å². The van der Waals surface area contributed by atoms with E-state index in [1.54, 1.807) is 11.3 Å². The first kappa shape index (κ1) is 17.7. The van der Waals surface area contributed by atoms with Crippen LogP contribution in [0.4, 0.5) is 4.79 Å². The minimum atomic E-state index is -0.802. The highest BCUT2D eigenvalue weighted by Gasteiger charge is 2.34. The van der Waals surface area contributed by atoms with Crippen LogP contribution in [0.15, 0.2) is 17.5 Å². The first-order valence-corrected chi connectivity index (χ1v) is 8.91. The minimum Gasteiger partial charge on any atom is -0.480 e. The number of carboxylic acid groups (broad SMARTS) is 1. The predicted octanol–water partition coefficient (Wildman–Crippen LogP) is 1.92. The Hall–Kier alpha value is -1.60. The van der Waals surface area contributed by atoms with Crippen LogP contribution in [-0.2, 0) is 11.2 Å². The summed E-state index contributed by atoms with van der Waals surface area (Å²) in [5.74, 6) is -0.802. The Morgan fingerprint density at radius 3 is 2.78 bits per heavy atom. The van der Waals surface area contributed by atoms with Crippen LogP contribution in [0.5, 0.6) is 0 Å². The van der Waals surface area contributed by atoms with Gasteiger partial charge in [0.25, 0.3) is 0 Å². The number of likely N-dealkylation sites (N-methyl/N-ethyl adjacent to an activating group) is 1. The number of nitrogens with zero attached hydrogens (tertiary/aromatic N) is 1. The molecule has 2 rings (SSSR count). The van der Waals surface area contributed by atoms with E-state index in [1.165, 1.54) is 4.88 Å². The molecule has 1 aromatic heterocycles. The third-order valence-electron chi connectivity index (χ3n) is 4.17. The highest BCUT2D eigenvalue weighted by Crippen LogP contribution is 2.25. The van der Waals surface area contributed by atoms with Gasteiger partial charge >= 0.3 is 12.0 Å². The van der Waals surface area contributed by atoms with Gasteiger partial charge in [-0.25, -0.2) is 4.79 Å². The maximum absolute atomic E-state index is 12.0. The number of hydrogen-bond donors (Lipinski definition) is 3. The molecule has 0 bridgehead atoms. The van der Waals surface area contributed by atoms with Gasteiger partial charge in [-0.05, 0) is 37.8 Å². The Morgan fingerprint density at radius 1 is 1.48 bits per heavy atom. The van der Waals surface area contributed by atoms with Gasteiger partial charge in [0.1, 0.15) is 0 Å². The van der Waals surface area contributed by atoms with Crippen molar-refractivity contribution in [1.29, 1.82) is 0 Å². The van der Waals surface area contributed by atoms with Crippen LogP contribution in [0.3, 0.4) is 0 Å².